The van der Waals surface area contributed by atoms with E-state index in [1.807, 2.05) is 6.07 Å². The van der Waals surface area contributed by atoms with Gasteiger partial charge >= 0.3 is 0 Å². The number of rotatable bonds is 7. The van der Waals surface area contributed by atoms with Crippen molar-refractivity contribution < 1.29 is 4.79 Å². The number of carbonyl (C=O) groups excluding carboxylic acids is 1. The van der Waals surface area contributed by atoms with E-state index in [1.54, 1.807) is 0 Å². The first-order chi connectivity index (χ1) is 12.2. The van der Waals surface area contributed by atoms with E-state index in [0.717, 1.165) is 25.9 Å². The lowest BCUT2D eigenvalue weighted by molar-refractivity contribution is -0.125. The van der Waals surface area contributed by atoms with Crippen molar-refractivity contribution in [1.82, 2.24) is 4.90 Å². The van der Waals surface area contributed by atoms with Crippen molar-refractivity contribution in [2.24, 2.45) is 5.92 Å². The zero-order valence-corrected chi connectivity index (χ0v) is 16.8. The van der Waals surface area contributed by atoms with Crippen LogP contribution in [0, 0.1) is 9.49 Å². The maximum Gasteiger partial charge on any atom is 0.149 e. The van der Waals surface area contributed by atoms with Gasteiger partial charge in [0.2, 0.25) is 0 Å². The first kappa shape index (κ1) is 18.6. The normalized spacial score (nSPS) is 15.4. The summed E-state index contributed by atoms with van der Waals surface area (Å²) < 4.78 is 1.27. The van der Waals surface area contributed by atoms with Crippen LogP contribution < -0.4 is 0 Å². The van der Waals surface area contributed by atoms with Gasteiger partial charge < -0.3 is 0 Å². The lowest BCUT2D eigenvalue weighted by Crippen LogP contribution is -2.33. The van der Waals surface area contributed by atoms with Gasteiger partial charge in [0.05, 0.1) is 6.54 Å². The number of hydrogen-bond acceptors (Lipinski definition) is 2. The van der Waals surface area contributed by atoms with Crippen molar-refractivity contribution in [3.63, 3.8) is 0 Å². The highest BCUT2D eigenvalue weighted by Gasteiger charge is 2.23. The molecule has 2 nitrogen and oxygen atoms in total. The third kappa shape index (κ3) is 5.65. The Balaban J connectivity index is 1.71. The summed E-state index contributed by atoms with van der Waals surface area (Å²) in [5, 5.41) is 0. The highest BCUT2D eigenvalue weighted by Crippen LogP contribution is 2.25. The van der Waals surface area contributed by atoms with Gasteiger partial charge in [-0.2, -0.15) is 0 Å². The van der Waals surface area contributed by atoms with E-state index in [9.17, 15) is 4.79 Å². The summed E-state index contributed by atoms with van der Waals surface area (Å²) >= 11 is 2.39. The third-order valence-corrected chi connectivity index (χ3v) is 6.09. The second-order valence-corrected chi connectivity index (χ2v) is 8.19. The summed E-state index contributed by atoms with van der Waals surface area (Å²) in [4.78, 5) is 15.1. The summed E-state index contributed by atoms with van der Waals surface area (Å²) in [6.45, 7) is 2.21. The molecule has 0 saturated heterocycles. The van der Waals surface area contributed by atoms with Crippen LogP contribution in [0.4, 0.5) is 0 Å². The Morgan fingerprint density at radius 2 is 1.60 bits per heavy atom. The largest absolute Gasteiger partial charge is 0.298 e. The first-order valence-electron chi connectivity index (χ1n) is 9.25. The predicted octanol–water partition coefficient (Wildman–Crippen LogP) is 5.44. The Bertz CT molecular complexity index is 679. The summed E-state index contributed by atoms with van der Waals surface area (Å²) in [7, 11) is 0. The van der Waals surface area contributed by atoms with Gasteiger partial charge in [0, 0.05) is 22.6 Å². The number of carbonyl (C=O) groups is 1. The molecule has 0 aromatic heterocycles. The Kier molecular flexibility index (Phi) is 7.05. The quantitative estimate of drug-likeness (QED) is 0.527. The molecule has 3 heteroatoms. The Morgan fingerprint density at radius 3 is 2.32 bits per heavy atom. The molecule has 3 rings (SSSR count). The van der Waals surface area contributed by atoms with E-state index in [1.165, 1.54) is 34.0 Å². The second kappa shape index (κ2) is 9.48. The van der Waals surface area contributed by atoms with Gasteiger partial charge in [-0.25, -0.2) is 0 Å². The fourth-order valence-corrected chi connectivity index (χ4v) is 4.21. The molecule has 0 unspecified atom stereocenters. The number of benzene rings is 2. The maximum absolute atomic E-state index is 12.8. The van der Waals surface area contributed by atoms with E-state index in [4.69, 9.17) is 0 Å². The molecular weight excluding hydrogens is 421 g/mol. The maximum atomic E-state index is 12.8. The molecule has 2 aromatic rings. The molecule has 0 amide bonds. The number of ketones is 1. The van der Waals surface area contributed by atoms with Crippen molar-refractivity contribution >= 4 is 28.4 Å². The molecule has 0 N–H and O–H groups in total. The predicted molar refractivity (Wildman–Crippen MR) is 111 cm³/mol. The molecule has 0 radical (unpaired) electrons. The number of nitrogens with zero attached hydrogens (tertiary/aromatic N) is 1. The van der Waals surface area contributed by atoms with Crippen LogP contribution in [0.2, 0.25) is 0 Å². The van der Waals surface area contributed by atoms with Gasteiger partial charge in [0.1, 0.15) is 5.78 Å². The molecule has 0 heterocycles. The van der Waals surface area contributed by atoms with Gasteiger partial charge in [0.15, 0.2) is 0 Å². The minimum atomic E-state index is 0.280. The van der Waals surface area contributed by atoms with E-state index >= 15 is 0 Å². The Hall–Kier alpha value is -1.20. The molecule has 1 aliphatic carbocycles. The zero-order chi connectivity index (χ0) is 17.5. The highest BCUT2D eigenvalue weighted by atomic mass is 127. The second-order valence-electron chi connectivity index (χ2n) is 7.02. The number of halogens is 1. The Morgan fingerprint density at radius 1 is 0.920 bits per heavy atom. The van der Waals surface area contributed by atoms with Crippen LogP contribution in [0.25, 0.3) is 0 Å². The minimum Gasteiger partial charge on any atom is -0.298 e. The van der Waals surface area contributed by atoms with E-state index in [2.05, 4.69) is 76.0 Å². The van der Waals surface area contributed by atoms with Crippen LogP contribution >= 0.6 is 22.6 Å². The SMILES string of the molecule is O=C(CN(Cc1ccccc1)Cc1ccccc1I)C1CCCCC1. The van der Waals surface area contributed by atoms with Crippen LogP contribution in [0.15, 0.2) is 54.6 Å². The average molecular weight is 447 g/mol. The molecule has 0 atom stereocenters. The van der Waals surface area contributed by atoms with E-state index in [-0.39, 0.29) is 5.92 Å². The number of hydrogen-bond donors (Lipinski definition) is 0. The Labute approximate surface area is 164 Å². The molecule has 1 fully saturated rings. The molecule has 1 aliphatic rings. The standard InChI is InChI=1S/C22H26INO/c23-21-14-8-7-13-20(21)16-24(15-18-9-3-1-4-10-18)17-22(25)19-11-5-2-6-12-19/h1,3-4,7-10,13-14,19H,2,5-6,11-12,15-17H2. The molecule has 132 valence electrons. The molecule has 2 aromatic carbocycles. The van der Waals surface area contributed by atoms with Crippen molar-refractivity contribution in [1.29, 1.82) is 0 Å². The molecule has 25 heavy (non-hydrogen) atoms. The fraction of sp³-hybridized carbons (Fsp3) is 0.409. The summed E-state index contributed by atoms with van der Waals surface area (Å²) in [6.07, 6.45) is 5.89. The molecular formula is C22H26INO. The van der Waals surface area contributed by atoms with Gasteiger partial charge in [0.25, 0.3) is 0 Å². The fourth-order valence-electron chi connectivity index (χ4n) is 3.65. The number of Topliss-reactive ketones (excluding diaryl/α,β-unsaturated/α-hetero) is 1. The average Bonchev–Trinajstić information content (AvgIpc) is 2.65. The lowest BCUT2D eigenvalue weighted by Gasteiger charge is -2.26. The summed E-state index contributed by atoms with van der Waals surface area (Å²) in [5.74, 6) is 0.712. The van der Waals surface area contributed by atoms with Crippen LogP contribution in [0.1, 0.15) is 43.2 Å². The van der Waals surface area contributed by atoms with E-state index in [0.29, 0.717) is 12.3 Å². The van der Waals surface area contributed by atoms with Crippen LogP contribution in [-0.2, 0) is 17.9 Å². The van der Waals surface area contributed by atoms with Gasteiger partial charge in [-0.1, -0.05) is 67.8 Å². The first-order valence-corrected chi connectivity index (χ1v) is 10.3. The van der Waals surface area contributed by atoms with Crippen LogP contribution in [0.3, 0.4) is 0 Å². The topological polar surface area (TPSA) is 20.3 Å². The van der Waals surface area contributed by atoms with Gasteiger partial charge in [-0.05, 0) is 52.6 Å². The van der Waals surface area contributed by atoms with Crippen LogP contribution in [-0.4, -0.2) is 17.2 Å². The van der Waals surface area contributed by atoms with Gasteiger partial charge in [-0.3, -0.25) is 9.69 Å². The highest BCUT2D eigenvalue weighted by molar-refractivity contribution is 14.1. The molecule has 0 spiro atoms. The van der Waals surface area contributed by atoms with Gasteiger partial charge in [-0.15, -0.1) is 0 Å². The van der Waals surface area contributed by atoms with Crippen LogP contribution in [0.5, 0.6) is 0 Å². The molecule has 1 saturated carbocycles. The molecule has 0 aliphatic heterocycles. The van der Waals surface area contributed by atoms with E-state index < -0.39 is 0 Å². The lowest BCUT2D eigenvalue weighted by atomic mass is 9.86. The smallest absolute Gasteiger partial charge is 0.149 e. The van der Waals surface area contributed by atoms with Crippen molar-refractivity contribution in [3.05, 3.63) is 69.3 Å². The third-order valence-electron chi connectivity index (χ3n) is 5.04. The van der Waals surface area contributed by atoms with Crippen molar-refractivity contribution in [2.75, 3.05) is 6.54 Å². The summed E-state index contributed by atoms with van der Waals surface area (Å²) in [6, 6.07) is 18.9. The molecule has 0 bridgehead atoms. The van der Waals surface area contributed by atoms with Crippen molar-refractivity contribution in [3.8, 4) is 0 Å². The summed E-state index contributed by atoms with van der Waals surface area (Å²) in [5.41, 5.74) is 2.57. The van der Waals surface area contributed by atoms with Crippen molar-refractivity contribution in [2.45, 2.75) is 45.2 Å². The zero-order valence-electron chi connectivity index (χ0n) is 14.7. The minimum absolute atomic E-state index is 0.280. The monoisotopic (exact) mass is 447 g/mol.